The van der Waals surface area contributed by atoms with E-state index < -0.39 is 5.82 Å². The first-order valence-electron chi connectivity index (χ1n) is 6.18. The largest absolute Gasteiger partial charge is 0.497 e. The number of hydrogen-bond donors (Lipinski definition) is 1. The quantitative estimate of drug-likeness (QED) is 0.767. The Balaban J connectivity index is 2.04. The smallest absolute Gasteiger partial charge is 0.150 e. The second-order valence-corrected chi connectivity index (χ2v) is 5.27. The van der Waals surface area contributed by atoms with Crippen LogP contribution < -0.4 is 10.1 Å². The maximum absolute atomic E-state index is 14.0. The summed E-state index contributed by atoms with van der Waals surface area (Å²) in [4.78, 5) is 8.37. The normalized spacial score (nSPS) is 10.6. The summed E-state index contributed by atoms with van der Waals surface area (Å²) >= 11 is 3.41. The van der Waals surface area contributed by atoms with Crippen molar-refractivity contribution in [3.8, 4) is 5.75 Å². The highest BCUT2D eigenvalue weighted by atomic mass is 79.9. The SMILES string of the molecule is COc1ccc(Nc2ncnc3ccc(Br)cc23)c(F)c1. The summed E-state index contributed by atoms with van der Waals surface area (Å²) in [5, 5.41) is 3.80. The number of ether oxygens (including phenoxy) is 1. The molecule has 0 aliphatic rings. The van der Waals surface area contributed by atoms with Gasteiger partial charge in [0, 0.05) is 15.9 Å². The predicted molar refractivity (Wildman–Crippen MR) is 83.5 cm³/mol. The molecule has 21 heavy (non-hydrogen) atoms. The first-order valence-corrected chi connectivity index (χ1v) is 6.97. The molecule has 106 valence electrons. The van der Waals surface area contributed by atoms with Gasteiger partial charge in [-0.05, 0) is 30.3 Å². The lowest BCUT2D eigenvalue weighted by molar-refractivity contribution is 0.411. The van der Waals surface area contributed by atoms with Crippen LogP contribution in [-0.2, 0) is 0 Å². The maximum atomic E-state index is 14.0. The molecule has 0 fully saturated rings. The Kier molecular flexibility index (Phi) is 3.70. The molecule has 0 aliphatic heterocycles. The van der Waals surface area contributed by atoms with Gasteiger partial charge in [-0.1, -0.05) is 15.9 Å². The second kappa shape index (κ2) is 5.65. The van der Waals surface area contributed by atoms with Gasteiger partial charge in [0.25, 0.3) is 0 Å². The Morgan fingerprint density at radius 2 is 2.00 bits per heavy atom. The Labute approximate surface area is 129 Å². The molecule has 1 aromatic heterocycles. The monoisotopic (exact) mass is 347 g/mol. The third-order valence-electron chi connectivity index (χ3n) is 3.03. The lowest BCUT2D eigenvalue weighted by Crippen LogP contribution is -1.98. The third kappa shape index (κ3) is 2.80. The topological polar surface area (TPSA) is 47.0 Å². The van der Waals surface area contributed by atoms with Crippen LogP contribution in [0.5, 0.6) is 5.75 Å². The predicted octanol–water partition coefficient (Wildman–Crippen LogP) is 4.28. The van der Waals surface area contributed by atoms with Crippen LogP contribution >= 0.6 is 15.9 Å². The van der Waals surface area contributed by atoms with Crippen molar-refractivity contribution in [2.75, 3.05) is 12.4 Å². The van der Waals surface area contributed by atoms with Gasteiger partial charge >= 0.3 is 0 Å². The van der Waals surface area contributed by atoms with Crippen molar-refractivity contribution in [3.63, 3.8) is 0 Å². The molecule has 3 aromatic rings. The molecular formula is C15H11BrFN3O. The zero-order valence-electron chi connectivity index (χ0n) is 11.1. The number of fused-ring (bicyclic) bond motifs is 1. The molecule has 1 N–H and O–H groups in total. The Hall–Kier alpha value is -2.21. The van der Waals surface area contributed by atoms with Crippen molar-refractivity contribution in [2.24, 2.45) is 0 Å². The van der Waals surface area contributed by atoms with Crippen molar-refractivity contribution < 1.29 is 9.13 Å². The summed E-state index contributed by atoms with van der Waals surface area (Å²) in [6.45, 7) is 0. The molecule has 0 radical (unpaired) electrons. The van der Waals surface area contributed by atoms with Crippen molar-refractivity contribution in [3.05, 3.63) is 53.0 Å². The average molecular weight is 348 g/mol. The number of benzene rings is 2. The van der Waals surface area contributed by atoms with Crippen LogP contribution in [0.4, 0.5) is 15.9 Å². The summed E-state index contributed by atoms with van der Waals surface area (Å²) in [6.07, 6.45) is 1.44. The lowest BCUT2D eigenvalue weighted by Gasteiger charge is -2.10. The van der Waals surface area contributed by atoms with Gasteiger partial charge in [0.15, 0.2) is 0 Å². The number of aromatic nitrogens is 2. The van der Waals surface area contributed by atoms with Crippen LogP contribution in [-0.4, -0.2) is 17.1 Å². The molecule has 0 aliphatic carbocycles. The summed E-state index contributed by atoms with van der Waals surface area (Å²) in [5.41, 5.74) is 1.11. The van der Waals surface area contributed by atoms with Crippen LogP contribution in [0.3, 0.4) is 0 Å². The van der Waals surface area contributed by atoms with Gasteiger partial charge in [-0.25, -0.2) is 14.4 Å². The highest BCUT2D eigenvalue weighted by Crippen LogP contribution is 2.28. The van der Waals surface area contributed by atoms with E-state index in [4.69, 9.17) is 4.74 Å². The molecule has 0 atom stereocenters. The zero-order valence-corrected chi connectivity index (χ0v) is 12.7. The molecule has 3 rings (SSSR count). The number of nitrogens with one attached hydrogen (secondary N) is 1. The molecular weight excluding hydrogens is 337 g/mol. The Bertz CT molecular complexity index is 810. The fourth-order valence-electron chi connectivity index (χ4n) is 1.98. The van der Waals surface area contributed by atoms with Crippen LogP contribution in [0.1, 0.15) is 0 Å². The van der Waals surface area contributed by atoms with E-state index in [1.54, 1.807) is 12.1 Å². The number of halogens is 2. The van der Waals surface area contributed by atoms with Crippen molar-refractivity contribution >= 4 is 38.3 Å². The van der Waals surface area contributed by atoms with Gasteiger partial charge in [-0.15, -0.1) is 0 Å². The average Bonchev–Trinajstić information content (AvgIpc) is 2.49. The number of anilines is 2. The van der Waals surface area contributed by atoms with E-state index in [0.717, 1.165) is 15.4 Å². The van der Waals surface area contributed by atoms with E-state index in [2.05, 4.69) is 31.2 Å². The van der Waals surface area contributed by atoms with Crippen LogP contribution in [0.25, 0.3) is 10.9 Å². The number of nitrogens with zero attached hydrogens (tertiary/aromatic N) is 2. The van der Waals surface area contributed by atoms with E-state index >= 15 is 0 Å². The number of rotatable bonds is 3. The van der Waals surface area contributed by atoms with E-state index in [-0.39, 0.29) is 0 Å². The van der Waals surface area contributed by atoms with E-state index in [1.165, 1.54) is 19.5 Å². The maximum Gasteiger partial charge on any atom is 0.150 e. The van der Waals surface area contributed by atoms with E-state index in [1.807, 2.05) is 18.2 Å². The standard InChI is InChI=1S/C15H11BrFN3O/c1-21-10-3-5-14(12(17)7-10)20-15-11-6-9(16)2-4-13(11)18-8-19-15/h2-8H,1H3,(H,18,19,20). The third-order valence-corrected chi connectivity index (χ3v) is 3.52. The second-order valence-electron chi connectivity index (χ2n) is 4.35. The fourth-order valence-corrected chi connectivity index (χ4v) is 2.34. The van der Waals surface area contributed by atoms with Gasteiger partial charge in [0.1, 0.15) is 23.7 Å². The molecule has 1 heterocycles. The number of methoxy groups -OCH3 is 1. The minimum absolute atomic E-state index is 0.329. The molecule has 6 heteroatoms. The van der Waals surface area contributed by atoms with Gasteiger partial charge < -0.3 is 10.1 Å². The highest BCUT2D eigenvalue weighted by Gasteiger charge is 2.08. The van der Waals surface area contributed by atoms with E-state index in [9.17, 15) is 4.39 Å². The Morgan fingerprint density at radius 3 is 2.76 bits per heavy atom. The molecule has 0 spiro atoms. The highest BCUT2D eigenvalue weighted by molar-refractivity contribution is 9.10. The molecule has 0 bridgehead atoms. The summed E-state index contributed by atoms with van der Waals surface area (Å²) in [7, 11) is 1.50. The van der Waals surface area contributed by atoms with Crippen molar-refractivity contribution in [1.82, 2.24) is 9.97 Å². The summed E-state index contributed by atoms with van der Waals surface area (Å²) in [5.74, 6) is 0.606. The molecule has 0 saturated carbocycles. The molecule has 0 saturated heterocycles. The first kappa shape index (κ1) is 13.8. The summed E-state index contributed by atoms with van der Waals surface area (Å²) < 4.78 is 19.9. The molecule has 0 amide bonds. The minimum Gasteiger partial charge on any atom is -0.497 e. The number of hydrogen-bond acceptors (Lipinski definition) is 4. The van der Waals surface area contributed by atoms with Gasteiger partial charge in [-0.3, -0.25) is 0 Å². The van der Waals surface area contributed by atoms with Crippen molar-refractivity contribution in [2.45, 2.75) is 0 Å². The van der Waals surface area contributed by atoms with Crippen LogP contribution in [0, 0.1) is 5.82 Å². The Morgan fingerprint density at radius 1 is 1.14 bits per heavy atom. The van der Waals surface area contributed by atoms with Gasteiger partial charge in [-0.2, -0.15) is 0 Å². The van der Waals surface area contributed by atoms with E-state index in [0.29, 0.717) is 17.3 Å². The van der Waals surface area contributed by atoms with Crippen LogP contribution in [0.15, 0.2) is 47.2 Å². The molecule has 4 nitrogen and oxygen atoms in total. The van der Waals surface area contributed by atoms with Crippen molar-refractivity contribution in [1.29, 1.82) is 0 Å². The minimum atomic E-state index is -0.406. The fraction of sp³-hybridized carbons (Fsp3) is 0.0667. The first-order chi connectivity index (χ1) is 10.2. The van der Waals surface area contributed by atoms with Gasteiger partial charge in [0.05, 0.1) is 18.3 Å². The molecule has 0 unspecified atom stereocenters. The summed E-state index contributed by atoms with van der Waals surface area (Å²) in [6, 6.07) is 10.3. The van der Waals surface area contributed by atoms with Crippen LogP contribution in [0.2, 0.25) is 0 Å². The molecule has 2 aromatic carbocycles. The van der Waals surface area contributed by atoms with Gasteiger partial charge in [0.2, 0.25) is 0 Å². The zero-order chi connectivity index (χ0) is 14.8. The lowest BCUT2D eigenvalue weighted by atomic mass is 10.2.